The van der Waals surface area contributed by atoms with Gasteiger partial charge >= 0.3 is 0 Å². The molecule has 4 nitrogen and oxygen atoms in total. The third-order valence-corrected chi connectivity index (χ3v) is 3.96. The number of carbonyl (C=O) groups is 1. The van der Waals surface area contributed by atoms with Gasteiger partial charge in [-0.25, -0.2) is 0 Å². The Hall–Kier alpha value is -1.29. The second kappa shape index (κ2) is 5.00. The lowest BCUT2D eigenvalue weighted by Gasteiger charge is -2.34. The molecule has 0 fully saturated rings. The van der Waals surface area contributed by atoms with Crippen molar-refractivity contribution in [3.63, 3.8) is 0 Å². The number of aromatic nitrogens is 1. The monoisotopic (exact) mass is 264 g/mol. The summed E-state index contributed by atoms with van der Waals surface area (Å²) in [7, 11) is 0. The van der Waals surface area contributed by atoms with Gasteiger partial charge in [-0.2, -0.15) is 0 Å². The maximum absolute atomic E-state index is 12.0. The van der Waals surface area contributed by atoms with Gasteiger partial charge in [0.1, 0.15) is 6.04 Å². The number of carbonyl (C=O) groups excluding carboxylic acids is 1. The molecule has 1 heterocycles. The first kappa shape index (κ1) is 14.1. The van der Waals surface area contributed by atoms with Crippen LogP contribution in [0.15, 0.2) is 12.3 Å². The molecule has 2 rings (SSSR count). The smallest absolute Gasteiger partial charge is 0.242 e. The highest BCUT2D eigenvalue weighted by molar-refractivity contribution is 5.80. The van der Waals surface area contributed by atoms with Gasteiger partial charge in [0.15, 0.2) is 0 Å². The minimum atomic E-state index is -0.415. The molecule has 0 bridgehead atoms. The highest BCUT2D eigenvalue weighted by Gasteiger charge is 2.34. The Morgan fingerprint density at radius 2 is 2.32 bits per heavy atom. The van der Waals surface area contributed by atoms with Gasteiger partial charge in [0.2, 0.25) is 5.91 Å². The molecule has 106 valence electrons. The van der Waals surface area contributed by atoms with Crippen LogP contribution in [0.4, 0.5) is 0 Å². The topological polar surface area (TPSA) is 54.3 Å². The summed E-state index contributed by atoms with van der Waals surface area (Å²) < 4.78 is 2.00. The van der Waals surface area contributed by atoms with E-state index in [1.54, 1.807) is 0 Å². The number of nitrogens with zero attached hydrogens (tertiary/aromatic N) is 1. The van der Waals surface area contributed by atoms with E-state index in [4.69, 9.17) is 0 Å². The van der Waals surface area contributed by atoms with E-state index >= 15 is 0 Å². The van der Waals surface area contributed by atoms with Crippen molar-refractivity contribution < 1.29 is 9.90 Å². The van der Waals surface area contributed by atoms with Crippen LogP contribution in [0, 0.1) is 5.41 Å². The minimum absolute atomic E-state index is 0.0266. The van der Waals surface area contributed by atoms with Crippen molar-refractivity contribution in [3.05, 3.63) is 23.5 Å². The molecular weight excluding hydrogens is 240 g/mol. The van der Waals surface area contributed by atoms with Crippen molar-refractivity contribution in [1.29, 1.82) is 0 Å². The van der Waals surface area contributed by atoms with E-state index in [1.165, 1.54) is 0 Å². The fourth-order valence-corrected chi connectivity index (χ4v) is 2.96. The highest BCUT2D eigenvalue weighted by Crippen LogP contribution is 2.41. The lowest BCUT2D eigenvalue weighted by molar-refractivity contribution is -0.123. The Labute approximate surface area is 114 Å². The van der Waals surface area contributed by atoms with Crippen LogP contribution in [0.2, 0.25) is 0 Å². The van der Waals surface area contributed by atoms with Crippen LogP contribution in [0.3, 0.4) is 0 Å². The average molecular weight is 264 g/mol. The van der Waals surface area contributed by atoms with Crippen LogP contribution in [0.1, 0.15) is 57.5 Å². The van der Waals surface area contributed by atoms with E-state index in [2.05, 4.69) is 19.2 Å². The molecule has 2 unspecified atom stereocenters. The van der Waals surface area contributed by atoms with Crippen molar-refractivity contribution >= 4 is 5.91 Å². The number of hydrogen-bond donors (Lipinski definition) is 2. The van der Waals surface area contributed by atoms with E-state index in [0.29, 0.717) is 6.54 Å². The second-order valence-corrected chi connectivity index (χ2v) is 6.26. The van der Waals surface area contributed by atoms with Crippen LogP contribution in [-0.4, -0.2) is 22.1 Å². The largest absolute Gasteiger partial charge is 0.388 e. The van der Waals surface area contributed by atoms with E-state index < -0.39 is 6.10 Å². The van der Waals surface area contributed by atoms with Crippen molar-refractivity contribution in [2.45, 2.75) is 52.7 Å². The van der Waals surface area contributed by atoms with Crippen molar-refractivity contribution in [2.24, 2.45) is 5.41 Å². The van der Waals surface area contributed by atoms with Crippen LogP contribution >= 0.6 is 0 Å². The Morgan fingerprint density at radius 1 is 1.63 bits per heavy atom. The predicted molar refractivity (Wildman–Crippen MR) is 74.9 cm³/mol. The third kappa shape index (κ3) is 2.68. The Balaban J connectivity index is 2.32. The molecule has 0 saturated heterocycles. The molecular formula is C15H24N2O2. The predicted octanol–water partition coefficient (Wildman–Crippen LogP) is 2.19. The van der Waals surface area contributed by atoms with Gasteiger partial charge in [-0.3, -0.25) is 4.79 Å². The number of nitrogens with one attached hydrogen (secondary N) is 1. The zero-order valence-electron chi connectivity index (χ0n) is 12.2. The molecule has 2 atom stereocenters. The van der Waals surface area contributed by atoms with E-state index in [-0.39, 0.29) is 17.4 Å². The molecule has 1 aliphatic carbocycles. The van der Waals surface area contributed by atoms with Gasteiger partial charge in [-0.1, -0.05) is 13.8 Å². The summed E-state index contributed by atoms with van der Waals surface area (Å²) in [5, 5.41) is 13.1. The summed E-state index contributed by atoms with van der Waals surface area (Å²) in [5.41, 5.74) is 2.15. The van der Waals surface area contributed by atoms with Crippen LogP contribution in [-0.2, 0) is 11.2 Å². The molecule has 0 aliphatic heterocycles. The molecule has 1 aliphatic rings. The Bertz CT molecular complexity index is 476. The number of aliphatic hydroxyl groups excluding tert-OH is 1. The van der Waals surface area contributed by atoms with Gasteiger partial charge in [0.05, 0.1) is 6.10 Å². The van der Waals surface area contributed by atoms with Gasteiger partial charge in [-0.05, 0) is 38.2 Å². The zero-order valence-corrected chi connectivity index (χ0v) is 12.2. The minimum Gasteiger partial charge on any atom is -0.388 e. The summed E-state index contributed by atoms with van der Waals surface area (Å²) in [4.78, 5) is 12.0. The lowest BCUT2D eigenvalue weighted by Crippen LogP contribution is -2.33. The SMILES string of the molecule is CCNC(=O)C(C)n1ccc2c1CC(C)(C)CC2O. The van der Waals surface area contributed by atoms with Crippen LogP contribution in [0.25, 0.3) is 0 Å². The van der Waals surface area contributed by atoms with E-state index in [9.17, 15) is 9.90 Å². The molecule has 1 amide bonds. The Morgan fingerprint density at radius 3 is 2.95 bits per heavy atom. The summed E-state index contributed by atoms with van der Waals surface area (Å²) in [6, 6.07) is 1.72. The molecule has 0 saturated carbocycles. The number of fused-ring (bicyclic) bond motifs is 1. The molecule has 0 radical (unpaired) electrons. The number of likely N-dealkylation sites (N-methyl/N-ethyl adjacent to an activating group) is 1. The van der Waals surface area contributed by atoms with Crippen molar-refractivity contribution in [1.82, 2.24) is 9.88 Å². The normalized spacial score (nSPS) is 22.7. The molecule has 0 aromatic carbocycles. The second-order valence-electron chi connectivity index (χ2n) is 6.26. The van der Waals surface area contributed by atoms with Crippen molar-refractivity contribution in [2.75, 3.05) is 6.54 Å². The molecule has 1 aromatic rings. The first-order chi connectivity index (χ1) is 8.85. The third-order valence-electron chi connectivity index (χ3n) is 3.96. The summed E-state index contributed by atoms with van der Waals surface area (Å²) in [6.07, 6.45) is 3.19. The molecule has 2 N–H and O–H groups in total. The number of rotatable bonds is 3. The van der Waals surface area contributed by atoms with Gasteiger partial charge < -0.3 is 15.0 Å². The van der Waals surface area contributed by atoms with Crippen LogP contribution in [0.5, 0.6) is 0 Å². The summed E-state index contributed by atoms with van der Waals surface area (Å²) in [5.74, 6) is 0.0266. The van der Waals surface area contributed by atoms with Gasteiger partial charge in [0, 0.05) is 24.0 Å². The fraction of sp³-hybridized carbons (Fsp3) is 0.667. The van der Waals surface area contributed by atoms with Crippen LogP contribution < -0.4 is 5.32 Å². The molecule has 0 spiro atoms. The number of hydrogen-bond acceptors (Lipinski definition) is 2. The summed E-state index contributed by atoms with van der Waals surface area (Å²) in [6.45, 7) is 8.78. The molecule has 1 aromatic heterocycles. The first-order valence-corrected chi connectivity index (χ1v) is 7.01. The average Bonchev–Trinajstić information content (AvgIpc) is 2.70. The summed E-state index contributed by atoms with van der Waals surface area (Å²) >= 11 is 0. The number of aliphatic hydroxyl groups is 1. The van der Waals surface area contributed by atoms with E-state index in [1.807, 2.05) is 30.7 Å². The maximum Gasteiger partial charge on any atom is 0.242 e. The molecule has 4 heteroatoms. The molecule has 19 heavy (non-hydrogen) atoms. The highest BCUT2D eigenvalue weighted by atomic mass is 16.3. The quantitative estimate of drug-likeness (QED) is 0.879. The Kier molecular flexibility index (Phi) is 3.72. The van der Waals surface area contributed by atoms with Gasteiger partial charge in [0.25, 0.3) is 0 Å². The maximum atomic E-state index is 12.0. The first-order valence-electron chi connectivity index (χ1n) is 7.01. The lowest BCUT2D eigenvalue weighted by atomic mass is 9.75. The number of amides is 1. The van der Waals surface area contributed by atoms with E-state index in [0.717, 1.165) is 24.1 Å². The fourth-order valence-electron chi connectivity index (χ4n) is 2.96. The van der Waals surface area contributed by atoms with Crippen molar-refractivity contribution in [3.8, 4) is 0 Å². The van der Waals surface area contributed by atoms with Gasteiger partial charge in [-0.15, -0.1) is 0 Å². The standard InChI is InChI=1S/C15H24N2O2/c1-5-16-14(19)10(2)17-7-6-11-12(17)8-15(3,4)9-13(11)18/h6-7,10,13,18H,5,8-9H2,1-4H3,(H,16,19). The zero-order chi connectivity index (χ0) is 14.2.